The number of ether oxygens (including phenoxy) is 1. The number of hydrogen-bond donors (Lipinski definition) is 0. The van der Waals surface area contributed by atoms with Crippen LogP contribution in [0.3, 0.4) is 0 Å². The molecule has 0 saturated heterocycles. The molecule has 0 aromatic heterocycles. The van der Waals surface area contributed by atoms with Gasteiger partial charge in [0, 0.05) is 29.3 Å². The van der Waals surface area contributed by atoms with Crippen LogP contribution in [0.4, 0.5) is 0 Å². The van der Waals surface area contributed by atoms with Gasteiger partial charge in [-0.2, -0.15) is 0 Å². The summed E-state index contributed by atoms with van der Waals surface area (Å²) in [6.07, 6.45) is 1.34. The van der Waals surface area contributed by atoms with Crippen LogP contribution < -0.4 is 0 Å². The second-order valence-electron chi connectivity index (χ2n) is 5.09. The molecule has 0 heterocycles. The standard InChI is InChI=1S/C18H18Cl2O2/c1-2-18(21)22-16(10-13-6-4-3-5-7-13)11-14-8-9-15(19)12-17(14)20/h3-9,12,16H,2,10-11H2,1H3. The third kappa shape index (κ3) is 5.04. The summed E-state index contributed by atoms with van der Waals surface area (Å²) in [5, 5.41) is 1.19. The lowest BCUT2D eigenvalue weighted by atomic mass is 10.0. The van der Waals surface area contributed by atoms with Gasteiger partial charge in [-0.15, -0.1) is 0 Å². The zero-order valence-corrected chi connectivity index (χ0v) is 13.9. The van der Waals surface area contributed by atoms with E-state index in [-0.39, 0.29) is 12.1 Å². The van der Waals surface area contributed by atoms with E-state index in [2.05, 4.69) is 0 Å². The Morgan fingerprint density at radius 3 is 2.45 bits per heavy atom. The van der Waals surface area contributed by atoms with Gasteiger partial charge in [-0.25, -0.2) is 0 Å². The molecule has 0 fully saturated rings. The Kier molecular flexibility index (Phi) is 6.29. The van der Waals surface area contributed by atoms with Crippen molar-refractivity contribution in [2.45, 2.75) is 32.3 Å². The number of halogens is 2. The predicted octanol–water partition coefficient (Wildman–Crippen LogP) is 5.10. The normalized spacial score (nSPS) is 12.0. The first-order chi connectivity index (χ1) is 10.6. The maximum atomic E-state index is 11.7. The highest BCUT2D eigenvalue weighted by molar-refractivity contribution is 6.35. The van der Waals surface area contributed by atoms with Gasteiger partial charge in [0.05, 0.1) is 0 Å². The van der Waals surface area contributed by atoms with Crippen LogP contribution in [-0.2, 0) is 22.4 Å². The lowest BCUT2D eigenvalue weighted by molar-refractivity contribution is -0.148. The fraction of sp³-hybridized carbons (Fsp3) is 0.278. The molecule has 0 aliphatic heterocycles. The van der Waals surface area contributed by atoms with E-state index >= 15 is 0 Å². The van der Waals surface area contributed by atoms with Crippen molar-refractivity contribution in [3.8, 4) is 0 Å². The van der Waals surface area contributed by atoms with Gasteiger partial charge in [-0.3, -0.25) is 4.79 Å². The summed E-state index contributed by atoms with van der Waals surface area (Å²) in [5.74, 6) is -0.203. The lowest BCUT2D eigenvalue weighted by Crippen LogP contribution is -2.23. The molecule has 2 nitrogen and oxygen atoms in total. The molecule has 2 aromatic rings. The maximum Gasteiger partial charge on any atom is 0.305 e. The van der Waals surface area contributed by atoms with Crippen LogP contribution in [0.2, 0.25) is 10.0 Å². The van der Waals surface area contributed by atoms with Crippen molar-refractivity contribution in [1.29, 1.82) is 0 Å². The smallest absolute Gasteiger partial charge is 0.305 e. The minimum atomic E-state index is -0.242. The number of carbonyl (C=O) groups excluding carboxylic acids is 1. The van der Waals surface area contributed by atoms with Gasteiger partial charge in [0.1, 0.15) is 6.10 Å². The number of carbonyl (C=O) groups is 1. The highest BCUT2D eigenvalue weighted by Gasteiger charge is 2.17. The van der Waals surface area contributed by atoms with E-state index in [9.17, 15) is 4.79 Å². The molecule has 1 atom stereocenters. The summed E-state index contributed by atoms with van der Waals surface area (Å²) >= 11 is 12.1. The van der Waals surface area contributed by atoms with Crippen LogP contribution >= 0.6 is 23.2 Å². The molecule has 0 amide bonds. The summed E-state index contributed by atoms with van der Waals surface area (Å²) in [5.41, 5.74) is 2.05. The van der Waals surface area contributed by atoms with E-state index in [1.54, 1.807) is 19.1 Å². The van der Waals surface area contributed by atoms with Gasteiger partial charge in [-0.1, -0.05) is 66.5 Å². The van der Waals surface area contributed by atoms with E-state index in [0.29, 0.717) is 29.3 Å². The summed E-state index contributed by atoms with van der Waals surface area (Å²) in [6, 6.07) is 15.3. The van der Waals surface area contributed by atoms with Crippen molar-refractivity contribution >= 4 is 29.2 Å². The Morgan fingerprint density at radius 1 is 1.09 bits per heavy atom. The largest absolute Gasteiger partial charge is 0.462 e. The van der Waals surface area contributed by atoms with Gasteiger partial charge in [-0.05, 0) is 23.3 Å². The highest BCUT2D eigenvalue weighted by Crippen LogP contribution is 2.23. The third-order valence-corrected chi connectivity index (χ3v) is 3.94. The van der Waals surface area contributed by atoms with Gasteiger partial charge in [0.25, 0.3) is 0 Å². The predicted molar refractivity (Wildman–Crippen MR) is 90.5 cm³/mol. The molecule has 2 rings (SSSR count). The van der Waals surface area contributed by atoms with Crippen molar-refractivity contribution in [3.63, 3.8) is 0 Å². The summed E-state index contributed by atoms with van der Waals surface area (Å²) in [4.78, 5) is 11.7. The van der Waals surface area contributed by atoms with E-state index in [1.807, 2.05) is 36.4 Å². The first-order valence-electron chi connectivity index (χ1n) is 7.25. The second-order valence-corrected chi connectivity index (χ2v) is 5.94. The first-order valence-corrected chi connectivity index (χ1v) is 8.01. The summed E-state index contributed by atoms with van der Waals surface area (Å²) < 4.78 is 5.56. The average molecular weight is 337 g/mol. The average Bonchev–Trinajstić information content (AvgIpc) is 2.51. The number of esters is 1. The van der Waals surface area contributed by atoms with Crippen molar-refractivity contribution in [3.05, 3.63) is 69.7 Å². The van der Waals surface area contributed by atoms with Crippen LogP contribution in [0.1, 0.15) is 24.5 Å². The molecule has 0 radical (unpaired) electrons. The van der Waals surface area contributed by atoms with E-state index in [0.717, 1.165) is 11.1 Å². The Balaban J connectivity index is 2.14. The van der Waals surface area contributed by atoms with E-state index < -0.39 is 0 Å². The molecule has 0 spiro atoms. The maximum absolute atomic E-state index is 11.7. The minimum Gasteiger partial charge on any atom is -0.462 e. The van der Waals surface area contributed by atoms with Gasteiger partial charge < -0.3 is 4.74 Å². The van der Waals surface area contributed by atoms with Crippen LogP contribution in [0.15, 0.2) is 48.5 Å². The number of benzene rings is 2. The minimum absolute atomic E-state index is 0.203. The molecule has 2 aromatic carbocycles. The molecule has 22 heavy (non-hydrogen) atoms. The number of rotatable bonds is 6. The Bertz CT molecular complexity index is 626. The topological polar surface area (TPSA) is 26.3 Å². The van der Waals surface area contributed by atoms with Gasteiger partial charge in [0.15, 0.2) is 0 Å². The summed E-state index contributed by atoms with van der Waals surface area (Å²) in [7, 11) is 0. The van der Waals surface area contributed by atoms with Crippen molar-refractivity contribution < 1.29 is 9.53 Å². The van der Waals surface area contributed by atoms with Crippen molar-refractivity contribution in [2.24, 2.45) is 0 Å². The third-order valence-electron chi connectivity index (χ3n) is 3.36. The first kappa shape index (κ1) is 16.9. The molecular weight excluding hydrogens is 319 g/mol. The second kappa shape index (κ2) is 8.21. The van der Waals surface area contributed by atoms with Gasteiger partial charge in [0.2, 0.25) is 0 Å². The van der Waals surface area contributed by atoms with Crippen molar-refractivity contribution in [1.82, 2.24) is 0 Å². The molecule has 0 saturated carbocycles. The lowest BCUT2D eigenvalue weighted by Gasteiger charge is -2.19. The molecule has 116 valence electrons. The van der Waals surface area contributed by atoms with E-state index in [4.69, 9.17) is 27.9 Å². The van der Waals surface area contributed by atoms with Gasteiger partial charge >= 0.3 is 5.97 Å². The molecule has 0 N–H and O–H groups in total. The van der Waals surface area contributed by atoms with Crippen LogP contribution in [0.25, 0.3) is 0 Å². The summed E-state index contributed by atoms with van der Waals surface area (Å²) in [6.45, 7) is 1.79. The Hall–Kier alpha value is -1.51. The quantitative estimate of drug-likeness (QED) is 0.686. The molecule has 1 unspecified atom stereocenters. The fourth-order valence-electron chi connectivity index (χ4n) is 2.23. The Labute approximate surface area is 141 Å². The SMILES string of the molecule is CCC(=O)OC(Cc1ccccc1)Cc1ccc(Cl)cc1Cl. The molecule has 0 bridgehead atoms. The zero-order valence-electron chi connectivity index (χ0n) is 12.4. The van der Waals surface area contributed by atoms with Crippen LogP contribution in [0, 0.1) is 0 Å². The molecule has 0 aliphatic carbocycles. The zero-order chi connectivity index (χ0) is 15.9. The fourth-order valence-corrected chi connectivity index (χ4v) is 2.72. The monoisotopic (exact) mass is 336 g/mol. The Morgan fingerprint density at radius 2 is 1.82 bits per heavy atom. The molecule has 4 heteroatoms. The highest BCUT2D eigenvalue weighted by atomic mass is 35.5. The van der Waals surface area contributed by atoms with Crippen LogP contribution in [-0.4, -0.2) is 12.1 Å². The molecular formula is C18H18Cl2O2. The molecule has 0 aliphatic rings. The van der Waals surface area contributed by atoms with Crippen molar-refractivity contribution in [2.75, 3.05) is 0 Å². The van der Waals surface area contributed by atoms with E-state index in [1.165, 1.54) is 0 Å². The van der Waals surface area contributed by atoms with Crippen LogP contribution in [0.5, 0.6) is 0 Å². The number of hydrogen-bond acceptors (Lipinski definition) is 2.